The van der Waals surface area contributed by atoms with Crippen LogP contribution in [0.3, 0.4) is 0 Å². The Kier molecular flexibility index (Phi) is 8.91. The van der Waals surface area contributed by atoms with Crippen LogP contribution in [-0.2, 0) is 14.4 Å². The summed E-state index contributed by atoms with van der Waals surface area (Å²) in [4.78, 5) is 42.1. The van der Waals surface area contributed by atoms with Crippen LogP contribution in [0.1, 0.15) is 51.9 Å². The summed E-state index contributed by atoms with van der Waals surface area (Å²) in [6.07, 6.45) is 9.02. The Hall–Kier alpha value is -2.28. The largest absolute Gasteiger partial charge is 0.343 e. The van der Waals surface area contributed by atoms with Crippen molar-refractivity contribution in [2.45, 2.75) is 57.9 Å². The summed E-state index contributed by atoms with van der Waals surface area (Å²) in [7, 11) is 0. The number of aromatic nitrogens is 1. The SMILES string of the molecule is CC(=O)CCCCC[C@H](NC(=O)CN1CCCC1)C(=O)Nc1cccnc1. The number of carbonyl (C=O) groups excluding carboxylic acids is 3. The molecule has 2 N–H and O–H groups in total. The minimum Gasteiger partial charge on any atom is -0.343 e. The number of hydrogen-bond donors (Lipinski definition) is 2. The second-order valence-electron chi connectivity index (χ2n) is 7.14. The molecule has 7 nitrogen and oxygen atoms in total. The number of anilines is 1. The van der Waals surface area contributed by atoms with E-state index in [9.17, 15) is 14.4 Å². The van der Waals surface area contributed by atoms with Gasteiger partial charge in [-0.25, -0.2) is 0 Å². The molecule has 1 saturated heterocycles. The average molecular weight is 374 g/mol. The van der Waals surface area contributed by atoms with Gasteiger partial charge in [-0.15, -0.1) is 0 Å². The van der Waals surface area contributed by atoms with Crippen molar-refractivity contribution in [3.63, 3.8) is 0 Å². The number of rotatable bonds is 11. The van der Waals surface area contributed by atoms with Gasteiger partial charge in [0, 0.05) is 12.6 Å². The van der Waals surface area contributed by atoms with E-state index in [-0.39, 0.29) is 17.6 Å². The fourth-order valence-corrected chi connectivity index (χ4v) is 3.22. The van der Waals surface area contributed by atoms with Crippen LogP contribution in [0.4, 0.5) is 5.69 Å². The number of ketones is 1. The Balaban J connectivity index is 1.86. The second kappa shape index (κ2) is 11.4. The van der Waals surface area contributed by atoms with Crippen LogP contribution in [0.5, 0.6) is 0 Å². The fourth-order valence-electron chi connectivity index (χ4n) is 3.22. The van der Waals surface area contributed by atoms with E-state index in [1.54, 1.807) is 31.5 Å². The minimum atomic E-state index is -0.586. The zero-order chi connectivity index (χ0) is 19.5. The Labute approximate surface area is 160 Å². The summed E-state index contributed by atoms with van der Waals surface area (Å²) in [5.74, 6) is -0.170. The van der Waals surface area contributed by atoms with E-state index in [2.05, 4.69) is 20.5 Å². The van der Waals surface area contributed by atoms with Gasteiger partial charge in [-0.05, 0) is 57.8 Å². The first-order valence-corrected chi connectivity index (χ1v) is 9.76. The number of pyridine rings is 1. The Morgan fingerprint density at radius 1 is 1.19 bits per heavy atom. The summed E-state index contributed by atoms with van der Waals surface area (Å²) in [6, 6.07) is 2.93. The van der Waals surface area contributed by atoms with Crippen molar-refractivity contribution in [1.82, 2.24) is 15.2 Å². The van der Waals surface area contributed by atoms with Crippen LogP contribution < -0.4 is 10.6 Å². The third kappa shape index (κ3) is 8.30. The van der Waals surface area contributed by atoms with Gasteiger partial charge < -0.3 is 15.4 Å². The average Bonchev–Trinajstić information content (AvgIpc) is 3.14. The molecule has 2 rings (SSSR count). The standard InChI is InChI=1S/C20H30N4O3/c1-16(25)8-3-2-4-10-18(20(27)22-17-9-7-11-21-14-17)23-19(26)15-24-12-5-6-13-24/h7,9,11,14,18H,2-6,8,10,12-13,15H2,1H3,(H,22,27)(H,23,26)/t18-/m0/s1. The molecule has 0 bridgehead atoms. The summed E-state index contributed by atoms with van der Waals surface area (Å²) < 4.78 is 0. The van der Waals surface area contributed by atoms with Crippen LogP contribution in [0.25, 0.3) is 0 Å². The highest BCUT2D eigenvalue weighted by Crippen LogP contribution is 2.11. The maximum absolute atomic E-state index is 12.6. The molecule has 2 amide bonds. The molecule has 1 aromatic rings. The zero-order valence-electron chi connectivity index (χ0n) is 16.1. The van der Waals surface area contributed by atoms with Gasteiger partial charge in [-0.3, -0.25) is 19.5 Å². The summed E-state index contributed by atoms with van der Waals surface area (Å²) in [5, 5.41) is 5.70. The molecule has 2 heterocycles. The molecule has 1 aliphatic heterocycles. The molecule has 0 saturated carbocycles. The van der Waals surface area contributed by atoms with E-state index in [4.69, 9.17) is 0 Å². The molecular weight excluding hydrogens is 344 g/mol. The lowest BCUT2D eigenvalue weighted by molar-refractivity contribution is -0.127. The van der Waals surface area contributed by atoms with E-state index in [0.29, 0.717) is 25.1 Å². The van der Waals surface area contributed by atoms with Gasteiger partial charge in [0.05, 0.1) is 18.4 Å². The van der Waals surface area contributed by atoms with E-state index in [0.717, 1.165) is 45.2 Å². The molecule has 1 aliphatic rings. The van der Waals surface area contributed by atoms with Gasteiger partial charge in [-0.2, -0.15) is 0 Å². The molecule has 1 atom stereocenters. The quantitative estimate of drug-likeness (QED) is 0.579. The highest BCUT2D eigenvalue weighted by molar-refractivity contribution is 5.97. The molecule has 148 valence electrons. The van der Waals surface area contributed by atoms with Crippen molar-refractivity contribution in [2.75, 3.05) is 25.0 Å². The van der Waals surface area contributed by atoms with Crippen LogP contribution in [0.15, 0.2) is 24.5 Å². The lowest BCUT2D eigenvalue weighted by atomic mass is 10.1. The summed E-state index contributed by atoms with van der Waals surface area (Å²) in [6.45, 7) is 3.79. The first kappa shape index (κ1) is 21.0. The van der Waals surface area contributed by atoms with Crippen LogP contribution in [0, 0.1) is 0 Å². The summed E-state index contributed by atoms with van der Waals surface area (Å²) >= 11 is 0. The second-order valence-corrected chi connectivity index (χ2v) is 7.14. The lowest BCUT2D eigenvalue weighted by Gasteiger charge is -2.20. The number of Topliss-reactive ketones (excluding diaryl/α,β-unsaturated/α-hetero) is 1. The van der Waals surface area contributed by atoms with Gasteiger partial charge >= 0.3 is 0 Å². The van der Waals surface area contributed by atoms with Crippen LogP contribution in [-0.4, -0.2) is 53.2 Å². The lowest BCUT2D eigenvalue weighted by Crippen LogP contribution is -2.47. The smallest absolute Gasteiger partial charge is 0.246 e. The predicted octanol–water partition coefficient (Wildman–Crippen LogP) is 2.14. The Morgan fingerprint density at radius 2 is 1.96 bits per heavy atom. The Bertz CT molecular complexity index is 615. The van der Waals surface area contributed by atoms with E-state index in [1.807, 2.05) is 0 Å². The maximum atomic E-state index is 12.6. The normalized spacial score (nSPS) is 15.3. The molecule has 0 unspecified atom stereocenters. The zero-order valence-corrected chi connectivity index (χ0v) is 16.1. The number of amides is 2. The molecular formula is C20H30N4O3. The minimum absolute atomic E-state index is 0.119. The first-order valence-electron chi connectivity index (χ1n) is 9.76. The van der Waals surface area contributed by atoms with E-state index < -0.39 is 6.04 Å². The van der Waals surface area contributed by atoms with Crippen LogP contribution >= 0.6 is 0 Å². The number of nitrogens with one attached hydrogen (secondary N) is 2. The molecule has 0 aliphatic carbocycles. The fraction of sp³-hybridized carbons (Fsp3) is 0.600. The molecule has 1 fully saturated rings. The van der Waals surface area contributed by atoms with Gasteiger partial charge in [0.1, 0.15) is 11.8 Å². The molecule has 0 aromatic carbocycles. The topological polar surface area (TPSA) is 91.4 Å². The number of hydrogen-bond acceptors (Lipinski definition) is 5. The van der Waals surface area contributed by atoms with Crippen molar-refractivity contribution in [3.05, 3.63) is 24.5 Å². The molecule has 7 heteroatoms. The van der Waals surface area contributed by atoms with Gasteiger partial charge in [0.2, 0.25) is 11.8 Å². The van der Waals surface area contributed by atoms with Gasteiger partial charge in [-0.1, -0.05) is 12.8 Å². The van der Waals surface area contributed by atoms with Crippen molar-refractivity contribution >= 4 is 23.3 Å². The van der Waals surface area contributed by atoms with Crippen molar-refractivity contribution in [2.24, 2.45) is 0 Å². The number of carbonyl (C=O) groups is 3. The summed E-state index contributed by atoms with van der Waals surface area (Å²) in [5.41, 5.74) is 0.609. The van der Waals surface area contributed by atoms with E-state index in [1.165, 1.54) is 0 Å². The maximum Gasteiger partial charge on any atom is 0.246 e. The van der Waals surface area contributed by atoms with Crippen molar-refractivity contribution in [1.29, 1.82) is 0 Å². The third-order valence-electron chi connectivity index (χ3n) is 4.67. The monoisotopic (exact) mass is 374 g/mol. The molecule has 0 radical (unpaired) electrons. The Morgan fingerprint density at radius 3 is 2.63 bits per heavy atom. The first-order chi connectivity index (χ1) is 13.0. The highest BCUT2D eigenvalue weighted by Gasteiger charge is 2.22. The molecule has 27 heavy (non-hydrogen) atoms. The predicted molar refractivity (Wildman–Crippen MR) is 104 cm³/mol. The molecule has 0 spiro atoms. The van der Waals surface area contributed by atoms with E-state index >= 15 is 0 Å². The van der Waals surface area contributed by atoms with Gasteiger partial charge in [0.25, 0.3) is 0 Å². The third-order valence-corrected chi connectivity index (χ3v) is 4.67. The highest BCUT2D eigenvalue weighted by atomic mass is 16.2. The number of nitrogens with zero attached hydrogens (tertiary/aromatic N) is 2. The number of likely N-dealkylation sites (tertiary alicyclic amines) is 1. The van der Waals surface area contributed by atoms with Crippen molar-refractivity contribution < 1.29 is 14.4 Å². The molecule has 1 aromatic heterocycles. The van der Waals surface area contributed by atoms with Crippen molar-refractivity contribution in [3.8, 4) is 0 Å². The number of unbranched alkanes of at least 4 members (excludes halogenated alkanes) is 2. The van der Waals surface area contributed by atoms with Crippen LogP contribution in [0.2, 0.25) is 0 Å². The van der Waals surface area contributed by atoms with Gasteiger partial charge in [0.15, 0.2) is 0 Å².